The molecule has 0 aliphatic carbocycles. The Morgan fingerprint density at radius 1 is 0.882 bits per heavy atom. The van der Waals surface area contributed by atoms with Gasteiger partial charge in [-0.25, -0.2) is 0 Å². The zero-order valence-corrected chi connectivity index (χ0v) is 10.8. The molecule has 0 aromatic heterocycles. The summed E-state index contributed by atoms with van der Waals surface area (Å²) >= 11 is 0. The van der Waals surface area contributed by atoms with Crippen molar-refractivity contribution >= 4 is 11.4 Å². The summed E-state index contributed by atoms with van der Waals surface area (Å²) in [4.78, 5) is 2.35. The summed E-state index contributed by atoms with van der Waals surface area (Å²) in [5, 5.41) is 0. The highest BCUT2D eigenvalue weighted by molar-refractivity contribution is 5.67. The molecule has 0 saturated heterocycles. The van der Waals surface area contributed by atoms with Crippen LogP contribution in [0.25, 0.3) is 0 Å². The molecule has 0 saturated carbocycles. The zero-order valence-electron chi connectivity index (χ0n) is 10.8. The highest BCUT2D eigenvalue weighted by atomic mass is 15.1. The third-order valence-electron chi connectivity index (χ3n) is 3.25. The molecule has 0 unspecified atom stereocenters. The Hall–Kier alpha value is -1.76. The molecule has 0 heterocycles. The molecule has 0 aliphatic heterocycles. The van der Waals surface area contributed by atoms with Crippen molar-refractivity contribution in [3.8, 4) is 0 Å². The summed E-state index contributed by atoms with van der Waals surface area (Å²) < 4.78 is 0. The number of rotatable bonds is 3. The van der Waals surface area contributed by atoms with Gasteiger partial charge in [-0.1, -0.05) is 30.3 Å². The predicted molar refractivity (Wildman–Crippen MR) is 75.0 cm³/mol. The van der Waals surface area contributed by atoms with E-state index in [9.17, 15) is 0 Å². The van der Waals surface area contributed by atoms with Crippen LogP contribution in [0.1, 0.15) is 18.1 Å². The number of nitrogens with zero attached hydrogens (tertiary/aromatic N) is 1. The fourth-order valence-corrected chi connectivity index (χ4v) is 2.13. The van der Waals surface area contributed by atoms with Gasteiger partial charge in [0.15, 0.2) is 0 Å². The largest absolute Gasteiger partial charge is 0.342 e. The fraction of sp³-hybridized carbons (Fsp3) is 0.250. The van der Waals surface area contributed by atoms with Gasteiger partial charge >= 0.3 is 0 Å². The van der Waals surface area contributed by atoms with Gasteiger partial charge in [-0.05, 0) is 50.1 Å². The van der Waals surface area contributed by atoms with Gasteiger partial charge in [-0.15, -0.1) is 0 Å². The minimum absolute atomic E-state index is 0.980. The zero-order chi connectivity index (χ0) is 12.3. The molecule has 0 aliphatic rings. The van der Waals surface area contributed by atoms with Crippen LogP contribution in [0.3, 0.4) is 0 Å². The van der Waals surface area contributed by atoms with Crippen LogP contribution >= 0.6 is 0 Å². The number of aryl methyl sites for hydroxylation is 1. The van der Waals surface area contributed by atoms with Crippen LogP contribution in [0.2, 0.25) is 0 Å². The smallest absolute Gasteiger partial charge is 0.0442 e. The third kappa shape index (κ3) is 2.33. The number of para-hydroxylation sites is 1. The lowest BCUT2D eigenvalue weighted by Crippen LogP contribution is -2.17. The van der Waals surface area contributed by atoms with Crippen molar-refractivity contribution in [2.24, 2.45) is 0 Å². The van der Waals surface area contributed by atoms with Gasteiger partial charge in [0, 0.05) is 17.9 Å². The summed E-state index contributed by atoms with van der Waals surface area (Å²) in [6.07, 6.45) is 0. The SMILES string of the molecule is CCN(c1ccccc1)c1cccc(C)c1C. The molecular formula is C16H19N. The molecule has 1 heteroatoms. The predicted octanol–water partition coefficient (Wildman–Crippen LogP) is 4.46. The summed E-state index contributed by atoms with van der Waals surface area (Å²) in [6, 6.07) is 17.0. The first-order chi connectivity index (χ1) is 8.24. The van der Waals surface area contributed by atoms with Gasteiger partial charge in [-0.3, -0.25) is 0 Å². The van der Waals surface area contributed by atoms with E-state index in [2.05, 4.69) is 74.2 Å². The number of benzene rings is 2. The van der Waals surface area contributed by atoms with Gasteiger partial charge in [0.25, 0.3) is 0 Å². The summed E-state index contributed by atoms with van der Waals surface area (Å²) in [6.45, 7) is 7.52. The Morgan fingerprint density at radius 2 is 1.59 bits per heavy atom. The second-order valence-corrected chi connectivity index (χ2v) is 4.30. The molecule has 17 heavy (non-hydrogen) atoms. The topological polar surface area (TPSA) is 3.24 Å². The number of hydrogen-bond acceptors (Lipinski definition) is 1. The van der Waals surface area contributed by atoms with Crippen LogP contribution < -0.4 is 4.90 Å². The lowest BCUT2D eigenvalue weighted by atomic mass is 10.1. The van der Waals surface area contributed by atoms with Crippen molar-refractivity contribution in [3.05, 3.63) is 59.7 Å². The standard InChI is InChI=1S/C16H19N/c1-4-17(15-10-6-5-7-11-15)16-12-8-9-13(2)14(16)3/h5-12H,4H2,1-3H3. The molecule has 0 atom stereocenters. The van der Waals surface area contributed by atoms with E-state index < -0.39 is 0 Å². The first-order valence-corrected chi connectivity index (χ1v) is 6.13. The average molecular weight is 225 g/mol. The van der Waals surface area contributed by atoms with E-state index in [1.165, 1.54) is 22.5 Å². The highest BCUT2D eigenvalue weighted by Gasteiger charge is 2.09. The third-order valence-corrected chi connectivity index (χ3v) is 3.25. The van der Waals surface area contributed by atoms with Crippen LogP contribution in [0.5, 0.6) is 0 Å². The Balaban J connectivity index is 2.46. The molecule has 0 radical (unpaired) electrons. The Labute approximate surface area is 104 Å². The van der Waals surface area contributed by atoms with E-state index in [-0.39, 0.29) is 0 Å². The van der Waals surface area contributed by atoms with Crippen LogP contribution in [0.15, 0.2) is 48.5 Å². The van der Waals surface area contributed by atoms with Gasteiger partial charge in [0.05, 0.1) is 0 Å². The van der Waals surface area contributed by atoms with Crippen LogP contribution in [-0.2, 0) is 0 Å². The maximum absolute atomic E-state index is 2.35. The molecular weight excluding hydrogens is 206 g/mol. The van der Waals surface area contributed by atoms with Crippen molar-refractivity contribution in [1.29, 1.82) is 0 Å². The van der Waals surface area contributed by atoms with Crippen molar-refractivity contribution in [2.75, 3.05) is 11.4 Å². The van der Waals surface area contributed by atoms with E-state index in [1.807, 2.05) is 0 Å². The van der Waals surface area contributed by atoms with Crippen LogP contribution in [0, 0.1) is 13.8 Å². The average Bonchev–Trinajstić information content (AvgIpc) is 2.37. The van der Waals surface area contributed by atoms with E-state index in [1.54, 1.807) is 0 Å². The van der Waals surface area contributed by atoms with Gasteiger partial charge < -0.3 is 4.90 Å². The maximum atomic E-state index is 2.35. The lowest BCUT2D eigenvalue weighted by molar-refractivity contribution is 1.01. The quantitative estimate of drug-likeness (QED) is 0.745. The molecule has 2 aromatic carbocycles. The first-order valence-electron chi connectivity index (χ1n) is 6.13. The van der Waals surface area contributed by atoms with Crippen LogP contribution in [-0.4, -0.2) is 6.54 Å². The van der Waals surface area contributed by atoms with E-state index in [4.69, 9.17) is 0 Å². The summed E-state index contributed by atoms with van der Waals surface area (Å²) in [5.41, 5.74) is 5.26. The highest BCUT2D eigenvalue weighted by Crippen LogP contribution is 2.29. The van der Waals surface area contributed by atoms with Crippen molar-refractivity contribution < 1.29 is 0 Å². The molecule has 88 valence electrons. The van der Waals surface area contributed by atoms with E-state index >= 15 is 0 Å². The van der Waals surface area contributed by atoms with Crippen LogP contribution in [0.4, 0.5) is 11.4 Å². The molecule has 0 bridgehead atoms. The molecule has 1 nitrogen and oxygen atoms in total. The number of hydrogen-bond donors (Lipinski definition) is 0. The van der Waals surface area contributed by atoms with E-state index in [0.717, 1.165) is 6.54 Å². The monoisotopic (exact) mass is 225 g/mol. The Bertz CT molecular complexity index is 488. The fourth-order valence-electron chi connectivity index (χ4n) is 2.13. The lowest BCUT2D eigenvalue weighted by Gasteiger charge is -2.25. The normalized spacial score (nSPS) is 10.3. The second-order valence-electron chi connectivity index (χ2n) is 4.30. The van der Waals surface area contributed by atoms with Crippen molar-refractivity contribution in [2.45, 2.75) is 20.8 Å². The van der Waals surface area contributed by atoms with Crippen molar-refractivity contribution in [3.63, 3.8) is 0 Å². The van der Waals surface area contributed by atoms with E-state index in [0.29, 0.717) is 0 Å². The Morgan fingerprint density at radius 3 is 2.24 bits per heavy atom. The molecule has 2 rings (SSSR count). The molecule has 0 N–H and O–H groups in total. The summed E-state index contributed by atoms with van der Waals surface area (Å²) in [7, 11) is 0. The number of anilines is 2. The molecule has 2 aromatic rings. The minimum Gasteiger partial charge on any atom is -0.342 e. The maximum Gasteiger partial charge on any atom is 0.0442 e. The molecule has 0 amide bonds. The van der Waals surface area contributed by atoms with Crippen molar-refractivity contribution in [1.82, 2.24) is 0 Å². The minimum atomic E-state index is 0.980. The van der Waals surface area contributed by atoms with Gasteiger partial charge in [-0.2, -0.15) is 0 Å². The van der Waals surface area contributed by atoms with Gasteiger partial charge in [0.2, 0.25) is 0 Å². The first kappa shape index (κ1) is 11.7. The summed E-state index contributed by atoms with van der Waals surface area (Å²) in [5.74, 6) is 0. The Kier molecular flexibility index (Phi) is 3.48. The second kappa shape index (κ2) is 5.05. The molecule has 0 fully saturated rings. The van der Waals surface area contributed by atoms with Gasteiger partial charge in [0.1, 0.15) is 0 Å². The molecule has 0 spiro atoms.